The van der Waals surface area contributed by atoms with Crippen LogP contribution in [0.2, 0.25) is 5.15 Å². The largest absolute Gasteiger partial charge is 0.494 e. The Hall–Kier alpha value is -2.99. The first-order valence-corrected chi connectivity index (χ1v) is 10.3. The highest BCUT2D eigenvalue weighted by atomic mass is 35.5. The topological polar surface area (TPSA) is 54.8 Å². The number of fused-ring (bicyclic) bond motifs is 1. The molecule has 0 saturated carbocycles. The van der Waals surface area contributed by atoms with Crippen molar-refractivity contribution in [2.24, 2.45) is 5.10 Å². The first-order valence-electron chi connectivity index (χ1n) is 9.88. The Bertz CT molecular complexity index is 1130. The first-order chi connectivity index (χ1) is 14.5. The number of aromatic nitrogens is 1. The Kier molecular flexibility index (Phi) is 5.68. The average molecular weight is 426 g/mol. The quantitative estimate of drug-likeness (QED) is 0.506. The van der Waals surface area contributed by atoms with Crippen LogP contribution in [0.25, 0.3) is 10.9 Å². The Balaban J connectivity index is 1.75. The number of ether oxygens (including phenoxy) is 1. The minimum absolute atomic E-state index is 0.114. The zero-order valence-corrected chi connectivity index (χ0v) is 17.5. The summed E-state index contributed by atoms with van der Waals surface area (Å²) in [5.74, 6) is 0.315. The lowest BCUT2D eigenvalue weighted by atomic mass is 9.98. The average Bonchev–Trinajstić information content (AvgIpc) is 3.19. The van der Waals surface area contributed by atoms with Gasteiger partial charge in [-0.15, -0.1) is 0 Å². The van der Waals surface area contributed by atoms with Crippen LogP contribution in [0.4, 0.5) is 4.39 Å². The summed E-state index contributed by atoms with van der Waals surface area (Å²) in [4.78, 5) is 17.1. The van der Waals surface area contributed by atoms with Crippen LogP contribution in [0, 0.1) is 5.82 Å². The molecule has 1 amide bonds. The molecule has 1 unspecified atom stereocenters. The third-order valence-electron chi connectivity index (χ3n) is 5.08. The van der Waals surface area contributed by atoms with Gasteiger partial charge in [-0.25, -0.2) is 14.4 Å². The zero-order valence-electron chi connectivity index (χ0n) is 16.7. The summed E-state index contributed by atoms with van der Waals surface area (Å²) in [7, 11) is 0. The fourth-order valence-electron chi connectivity index (χ4n) is 3.60. The van der Waals surface area contributed by atoms with Gasteiger partial charge in [0, 0.05) is 23.8 Å². The number of pyridine rings is 1. The molecule has 0 N–H and O–H groups in total. The number of hydrazone groups is 1. The molecule has 0 aliphatic carbocycles. The summed E-state index contributed by atoms with van der Waals surface area (Å²) >= 11 is 6.53. The lowest BCUT2D eigenvalue weighted by Gasteiger charge is -2.22. The van der Waals surface area contributed by atoms with E-state index in [0.717, 1.165) is 27.8 Å². The van der Waals surface area contributed by atoms with Gasteiger partial charge in [0.25, 0.3) is 0 Å². The van der Waals surface area contributed by atoms with Gasteiger partial charge in [-0.05, 0) is 48.9 Å². The molecule has 2 aromatic carbocycles. The summed E-state index contributed by atoms with van der Waals surface area (Å²) < 4.78 is 18.9. The second-order valence-electron chi connectivity index (χ2n) is 7.02. The number of rotatable bonds is 5. The normalized spacial score (nSPS) is 16.1. The van der Waals surface area contributed by atoms with Crippen molar-refractivity contribution in [3.05, 3.63) is 70.6 Å². The fourth-order valence-corrected chi connectivity index (χ4v) is 3.87. The second-order valence-corrected chi connectivity index (χ2v) is 7.38. The van der Waals surface area contributed by atoms with E-state index in [2.05, 4.69) is 10.1 Å². The molecule has 1 aliphatic heterocycles. The second kappa shape index (κ2) is 8.40. The van der Waals surface area contributed by atoms with Crippen molar-refractivity contribution in [2.45, 2.75) is 32.7 Å². The molecule has 7 heteroatoms. The van der Waals surface area contributed by atoms with E-state index in [1.54, 1.807) is 19.1 Å². The Labute approximate surface area is 179 Å². The van der Waals surface area contributed by atoms with Gasteiger partial charge >= 0.3 is 0 Å². The molecule has 0 spiro atoms. The SMILES string of the molecule is CCOc1ccc2nc(Cl)c(C3CC(c4ccc(F)cc4)=NN3C(=O)CC)cc2c1. The van der Waals surface area contributed by atoms with E-state index in [-0.39, 0.29) is 17.8 Å². The molecule has 30 heavy (non-hydrogen) atoms. The molecule has 4 rings (SSSR count). The van der Waals surface area contributed by atoms with Crippen LogP contribution in [0.15, 0.2) is 53.6 Å². The number of halogens is 2. The maximum atomic E-state index is 13.3. The predicted molar refractivity (Wildman–Crippen MR) is 115 cm³/mol. The van der Waals surface area contributed by atoms with E-state index in [1.165, 1.54) is 17.1 Å². The van der Waals surface area contributed by atoms with Gasteiger partial charge in [-0.2, -0.15) is 5.10 Å². The standard InChI is InChI=1S/C23H21ClFN3O2/c1-3-22(29)28-21(13-20(27-28)14-5-7-16(25)8-6-14)18-12-15-11-17(30-4-2)9-10-19(15)26-23(18)24/h5-12,21H,3-4,13H2,1-2H3. The van der Waals surface area contributed by atoms with Gasteiger partial charge in [0.15, 0.2) is 0 Å². The molecule has 0 saturated heterocycles. The summed E-state index contributed by atoms with van der Waals surface area (Å²) in [5, 5.41) is 7.23. The van der Waals surface area contributed by atoms with Crippen molar-refractivity contribution >= 4 is 34.1 Å². The maximum absolute atomic E-state index is 13.3. The molecule has 1 aromatic heterocycles. The lowest BCUT2D eigenvalue weighted by Crippen LogP contribution is -2.26. The predicted octanol–water partition coefficient (Wildman–Crippen LogP) is 5.51. The molecule has 0 fully saturated rings. The van der Waals surface area contributed by atoms with Crippen molar-refractivity contribution in [1.82, 2.24) is 9.99 Å². The van der Waals surface area contributed by atoms with Gasteiger partial charge in [0.1, 0.15) is 16.7 Å². The van der Waals surface area contributed by atoms with E-state index in [1.807, 2.05) is 31.2 Å². The molecule has 5 nitrogen and oxygen atoms in total. The van der Waals surface area contributed by atoms with E-state index in [0.29, 0.717) is 30.3 Å². The fraction of sp³-hybridized carbons (Fsp3) is 0.261. The number of carbonyl (C=O) groups excluding carboxylic acids is 1. The molecule has 0 radical (unpaired) electrons. The van der Waals surface area contributed by atoms with E-state index in [9.17, 15) is 9.18 Å². The summed E-state index contributed by atoms with van der Waals surface area (Å²) in [6.45, 7) is 4.28. The smallest absolute Gasteiger partial charge is 0.242 e. The van der Waals surface area contributed by atoms with E-state index >= 15 is 0 Å². The molecular formula is C23H21ClFN3O2. The minimum atomic E-state index is -0.377. The van der Waals surface area contributed by atoms with Crippen LogP contribution in [0.3, 0.4) is 0 Å². The van der Waals surface area contributed by atoms with Crippen molar-refractivity contribution in [3.8, 4) is 5.75 Å². The Morgan fingerprint density at radius 1 is 1.20 bits per heavy atom. The van der Waals surface area contributed by atoms with Crippen LogP contribution in [0.1, 0.15) is 43.9 Å². The van der Waals surface area contributed by atoms with Crippen LogP contribution < -0.4 is 4.74 Å². The molecule has 2 heterocycles. The number of carbonyl (C=O) groups is 1. The maximum Gasteiger partial charge on any atom is 0.242 e. The van der Waals surface area contributed by atoms with Gasteiger partial charge < -0.3 is 4.74 Å². The molecular weight excluding hydrogens is 405 g/mol. The van der Waals surface area contributed by atoms with Crippen molar-refractivity contribution < 1.29 is 13.9 Å². The van der Waals surface area contributed by atoms with Crippen molar-refractivity contribution in [2.75, 3.05) is 6.61 Å². The molecule has 0 bridgehead atoms. The van der Waals surface area contributed by atoms with Crippen LogP contribution >= 0.6 is 11.6 Å². The number of hydrogen-bond donors (Lipinski definition) is 0. The van der Waals surface area contributed by atoms with Gasteiger partial charge in [0.2, 0.25) is 5.91 Å². The minimum Gasteiger partial charge on any atom is -0.494 e. The van der Waals surface area contributed by atoms with E-state index < -0.39 is 0 Å². The van der Waals surface area contributed by atoms with E-state index in [4.69, 9.17) is 16.3 Å². The number of nitrogens with zero attached hydrogens (tertiary/aromatic N) is 3. The molecule has 1 aliphatic rings. The number of benzene rings is 2. The third-order valence-corrected chi connectivity index (χ3v) is 5.39. The molecule has 1 atom stereocenters. The highest BCUT2D eigenvalue weighted by molar-refractivity contribution is 6.30. The van der Waals surface area contributed by atoms with Gasteiger partial charge in [-0.1, -0.05) is 30.7 Å². The third kappa shape index (κ3) is 3.87. The highest BCUT2D eigenvalue weighted by Gasteiger charge is 2.34. The first kappa shape index (κ1) is 20.3. The zero-order chi connectivity index (χ0) is 21.3. The van der Waals surface area contributed by atoms with Crippen molar-refractivity contribution in [3.63, 3.8) is 0 Å². The number of hydrogen-bond acceptors (Lipinski definition) is 4. The monoisotopic (exact) mass is 425 g/mol. The Morgan fingerprint density at radius 3 is 2.67 bits per heavy atom. The molecule has 3 aromatic rings. The van der Waals surface area contributed by atoms with Crippen LogP contribution in [-0.2, 0) is 4.79 Å². The summed E-state index contributed by atoms with van der Waals surface area (Å²) in [6, 6.07) is 13.3. The Morgan fingerprint density at radius 2 is 1.97 bits per heavy atom. The summed E-state index contributed by atoms with van der Waals surface area (Å²) in [5.41, 5.74) is 2.95. The van der Waals surface area contributed by atoms with Crippen LogP contribution in [-0.4, -0.2) is 28.2 Å². The number of amides is 1. The van der Waals surface area contributed by atoms with Gasteiger partial charge in [-0.3, -0.25) is 4.79 Å². The van der Waals surface area contributed by atoms with Crippen LogP contribution in [0.5, 0.6) is 5.75 Å². The summed E-state index contributed by atoms with van der Waals surface area (Å²) in [6.07, 6.45) is 0.777. The van der Waals surface area contributed by atoms with Gasteiger partial charge in [0.05, 0.1) is 23.9 Å². The molecule has 154 valence electrons. The lowest BCUT2D eigenvalue weighted by molar-refractivity contribution is -0.132. The van der Waals surface area contributed by atoms with Crippen molar-refractivity contribution in [1.29, 1.82) is 0 Å². The highest BCUT2D eigenvalue weighted by Crippen LogP contribution is 2.38.